The Morgan fingerprint density at radius 3 is 2.83 bits per heavy atom. The number of carbonyl (C=O) groups excluding carboxylic acids is 1. The summed E-state index contributed by atoms with van der Waals surface area (Å²) >= 11 is 0. The van der Waals surface area contributed by atoms with Gasteiger partial charge in [0.15, 0.2) is 17.3 Å². The molecule has 0 spiro atoms. The van der Waals surface area contributed by atoms with Gasteiger partial charge in [0.25, 0.3) is 5.91 Å². The van der Waals surface area contributed by atoms with E-state index in [4.69, 9.17) is 24.6 Å². The minimum Gasteiger partial charge on any atom is -0.493 e. The first-order valence-corrected chi connectivity index (χ1v) is 9.75. The number of carbonyl (C=O) groups is 1. The summed E-state index contributed by atoms with van der Waals surface area (Å²) in [7, 11) is 3.21. The second-order valence-corrected chi connectivity index (χ2v) is 7.32. The van der Waals surface area contributed by atoms with Crippen LogP contribution in [0, 0.1) is 5.92 Å². The summed E-state index contributed by atoms with van der Waals surface area (Å²) in [5, 5.41) is 3.85. The first kappa shape index (κ1) is 19.1. The van der Waals surface area contributed by atoms with Gasteiger partial charge < -0.3 is 24.9 Å². The van der Waals surface area contributed by atoms with Crippen LogP contribution in [0.5, 0.6) is 11.5 Å². The van der Waals surface area contributed by atoms with Crippen LogP contribution in [-0.4, -0.2) is 31.7 Å². The van der Waals surface area contributed by atoms with Crippen molar-refractivity contribution in [2.45, 2.75) is 25.7 Å². The van der Waals surface area contributed by atoms with Crippen molar-refractivity contribution in [3.63, 3.8) is 0 Å². The lowest BCUT2D eigenvalue weighted by atomic mass is 9.98. The molecular formula is C22H25N3O4. The molecule has 3 aromatic rings. The lowest BCUT2D eigenvalue weighted by Gasteiger charge is -2.17. The van der Waals surface area contributed by atoms with Crippen LogP contribution in [-0.2, 0) is 12.8 Å². The molecule has 0 bridgehead atoms. The van der Waals surface area contributed by atoms with Crippen LogP contribution >= 0.6 is 0 Å². The highest BCUT2D eigenvalue weighted by atomic mass is 16.5. The average Bonchev–Trinajstić information content (AvgIpc) is 3.20. The van der Waals surface area contributed by atoms with Crippen molar-refractivity contribution in [3.05, 3.63) is 47.5 Å². The number of amides is 1. The summed E-state index contributed by atoms with van der Waals surface area (Å²) in [6.45, 7) is 0.574. The average molecular weight is 395 g/mol. The number of ether oxygens (including phenoxy) is 2. The quantitative estimate of drug-likeness (QED) is 0.643. The molecule has 0 radical (unpaired) electrons. The summed E-state index contributed by atoms with van der Waals surface area (Å²) in [6.07, 6.45) is 5.14. The Balaban J connectivity index is 1.60. The molecule has 1 amide bonds. The second kappa shape index (κ2) is 8.03. The molecule has 29 heavy (non-hydrogen) atoms. The van der Waals surface area contributed by atoms with Crippen LogP contribution in [0.15, 0.2) is 34.9 Å². The molecule has 1 aliphatic rings. The van der Waals surface area contributed by atoms with Crippen molar-refractivity contribution in [2.24, 2.45) is 5.92 Å². The van der Waals surface area contributed by atoms with Crippen molar-refractivity contribution in [1.82, 2.24) is 10.3 Å². The molecule has 1 aliphatic carbocycles. The van der Waals surface area contributed by atoms with Gasteiger partial charge in [-0.1, -0.05) is 0 Å². The summed E-state index contributed by atoms with van der Waals surface area (Å²) in [5.74, 6) is 1.69. The normalized spacial score (nSPS) is 16.1. The summed E-state index contributed by atoms with van der Waals surface area (Å²) in [4.78, 5) is 17.1. The number of methoxy groups -OCH3 is 2. The van der Waals surface area contributed by atoms with E-state index < -0.39 is 0 Å². The highest BCUT2D eigenvalue weighted by Gasteiger charge is 2.23. The molecule has 4 rings (SSSR count). The van der Waals surface area contributed by atoms with Crippen LogP contribution in [0.3, 0.4) is 0 Å². The number of hydrogen-bond donors (Lipinski definition) is 2. The van der Waals surface area contributed by atoms with Crippen LogP contribution in [0.4, 0.5) is 5.69 Å². The van der Waals surface area contributed by atoms with E-state index in [9.17, 15) is 4.79 Å². The molecule has 3 N–H and O–H groups in total. The maximum atomic E-state index is 12.2. The monoisotopic (exact) mass is 395 g/mol. The highest BCUT2D eigenvalue weighted by Crippen LogP contribution is 2.37. The van der Waals surface area contributed by atoms with Gasteiger partial charge in [-0.25, -0.2) is 0 Å². The predicted octanol–water partition coefficient (Wildman–Crippen LogP) is 3.35. The number of rotatable bonds is 5. The molecule has 0 saturated carbocycles. The molecule has 1 aromatic carbocycles. The van der Waals surface area contributed by atoms with Crippen LogP contribution < -0.4 is 20.5 Å². The summed E-state index contributed by atoms with van der Waals surface area (Å²) < 4.78 is 16.0. The second-order valence-electron chi connectivity index (χ2n) is 7.32. The largest absolute Gasteiger partial charge is 0.493 e. The molecule has 1 unspecified atom stereocenters. The Bertz CT molecular complexity index is 1030. The molecule has 0 saturated heterocycles. The fourth-order valence-corrected chi connectivity index (χ4v) is 4.00. The van der Waals surface area contributed by atoms with E-state index >= 15 is 0 Å². The van der Waals surface area contributed by atoms with Crippen molar-refractivity contribution < 1.29 is 18.7 Å². The number of benzene rings is 1. The molecule has 0 aliphatic heterocycles. The fourth-order valence-electron chi connectivity index (χ4n) is 4.00. The third-order valence-corrected chi connectivity index (χ3v) is 5.54. The minimum atomic E-state index is -0.192. The Morgan fingerprint density at radius 1 is 1.31 bits per heavy atom. The van der Waals surface area contributed by atoms with Gasteiger partial charge in [-0.3, -0.25) is 9.78 Å². The van der Waals surface area contributed by atoms with Crippen molar-refractivity contribution in [2.75, 3.05) is 26.5 Å². The number of aromatic nitrogens is 1. The van der Waals surface area contributed by atoms with Gasteiger partial charge in [0, 0.05) is 29.4 Å². The molecule has 7 nitrogen and oxygen atoms in total. The van der Waals surface area contributed by atoms with Gasteiger partial charge in [-0.05, 0) is 55.4 Å². The third-order valence-electron chi connectivity index (χ3n) is 5.54. The van der Waals surface area contributed by atoms with Gasteiger partial charge in [0.1, 0.15) is 0 Å². The number of nitrogens with one attached hydrogen (secondary N) is 1. The smallest absolute Gasteiger partial charge is 0.286 e. The molecule has 0 fully saturated rings. The number of anilines is 1. The standard InChI is InChI=1S/C22H25N3O4/c1-27-19-10-15-17(11-20(19)28-2)25-16-9-13(5-3-6-14(16)21(15)23)12-24-22(26)18-7-4-8-29-18/h4,7-8,10-11,13H,3,5-6,9,12H2,1-2H3,(H2,23,25)(H,24,26). The molecular weight excluding hydrogens is 370 g/mol. The maximum absolute atomic E-state index is 12.2. The number of nitrogens with zero attached hydrogens (tertiary/aromatic N) is 1. The van der Waals surface area contributed by atoms with E-state index in [0.717, 1.165) is 53.5 Å². The zero-order valence-corrected chi connectivity index (χ0v) is 16.7. The zero-order valence-electron chi connectivity index (χ0n) is 16.7. The Hall–Kier alpha value is -3.22. The molecule has 1 atom stereocenters. The van der Waals surface area contributed by atoms with E-state index in [2.05, 4.69) is 5.32 Å². The van der Waals surface area contributed by atoms with Crippen molar-refractivity contribution in [3.8, 4) is 11.5 Å². The first-order chi connectivity index (χ1) is 14.1. The maximum Gasteiger partial charge on any atom is 0.286 e. The van der Waals surface area contributed by atoms with Crippen molar-refractivity contribution in [1.29, 1.82) is 0 Å². The van der Waals surface area contributed by atoms with Crippen LogP contribution in [0.2, 0.25) is 0 Å². The predicted molar refractivity (Wildman–Crippen MR) is 110 cm³/mol. The van der Waals surface area contributed by atoms with E-state index in [1.165, 1.54) is 6.26 Å². The topological polar surface area (TPSA) is 99.6 Å². The number of nitrogens with two attached hydrogens (primary N) is 1. The Kier molecular flexibility index (Phi) is 5.29. The van der Waals surface area contributed by atoms with E-state index in [-0.39, 0.29) is 5.91 Å². The van der Waals surface area contributed by atoms with E-state index in [0.29, 0.717) is 29.7 Å². The van der Waals surface area contributed by atoms with Crippen molar-refractivity contribution >= 4 is 22.5 Å². The number of nitrogen functional groups attached to an aromatic ring is 1. The van der Waals surface area contributed by atoms with Gasteiger partial charge in [0.05, 0.1) is 26.0 Å². The lowest BCUT2D eigenvalue weighted by Crippen LogP contribution is -2.30. The van der Waals surface area contributed by atoms with E-state index in [1.54, 1.807) is 26.4 Å². The van der Waals surface area contributed by atoms with Crippen LogP contribution in [0.25, 0.3) is 10.9 Å². The number of pyridine rings is 1. The summed E-state index contributed by atoms with van der Waals surface area (Å²) in [6, 6.07) is 7.12. The minimum absolute atomic E-state index is 0.192. The zero-order chi connectivity index (χ0) is 20.4. The summed E-state index contributed by atoms with van der Waals surface area (Å²) in [5.41, 5.74) is 10.2. The third kappa shape index (κ3) is 3.72. The fraction of sp³-hybridized carbons (Fsp3) is 0.364. The number of furan rings is 1. The van der Waals surface area contributed by atoms with Gasteiger partial charge in [-0.15, -0.1) is 0 Å². The van der Waals surface area contributed by atoms with E-state index in [1.807, 2.05) is 12.1 Å². The molecule has 2 heterocycles. The molecule has 152 valence electrons. The number of fused-ring (bicyclic) bond motifs is 2. The Morgan fingerprint density at radius 2 is 2.10 bits per heavy atom. The molecule has 2 aromatic heterocycles. The molecule has 7 heteroatoms. The van der Waals surface area contributed by atoms with Gasteiger partial charge >= 0.3 is 0 Å². The van der Waals surface area contributed by atoms with Crippen LogP contribution in [0.1, 0.15) is 34.7 Å². The highest BCUT2D eigenvalue weighted by molar-refractivity contribution is 5.94. The first-order valence-electron chi connectivity index (χ1n) is 9.75. The SMILES string of the molecule is COc1cc2nc3c(c(N)c2cc1OC)CCCC(CNC(=O)c1ccco1)C3. The van der Waals surface area contributed by atoms with Gasteiger partial charge in [0.2, 0.25) is 0 Å². The lowest BCUT2D eigenvalue weighted by molar-refractivity contribution is 0.0918. The number of hydrogen-bond acceptors (Lipinski definition) is 6. The Labute approximate surface area is 169 Å². The van der Waals surface area contributed by atoms with Gasteiger partial charge in [-0.2, -0.15) is 0 Å².